The van der Waals surface area contributed by atoms with E-state index in [2.05, 4.69) is 6.58 Å². The third kappa shape index (κ3) is 6.30. The van der Waals surface area contributed by atoms with Gasteiger partial charge < -0.3 is 18.9 Å². The standard InChI is InChI=1S/C25H20O7/c1-3-23(26)30-16-29-20-12-6-18(7-13-20)24(27)32-22-14-8-19(9-15-22)25(28)31-21-10-4-17(2)5-11-21/h3-15H,1,16H2,2H3. The molecule has 0 radical (unpaired) electrons. The minimum atomic E-state index is -0.598. The fourth-order valence-corrected chi connectivity index (χ4v) is 2.50. The molecular weight excluding hydrogens is 412 g/mol. The molecule has 0 spiro atoms. The quantitative estimate of drug-likeness (QED) is 0.224. The minimum Gasteiger partial charge on any atom is -0.457 e. The monoisotopic (exact) mass is 432 g/mol. The maximum Gasteiger partial charge on any atom is 0.343 e. The molecule has 0 aliphatic heterocycles. The molecule has 0 saturated heterocycles. The zero-order valence-electron chi connectivity index (χ0n) is 17.3. The highest BCUT2D eigenvalue weighted by Crippen LogP contribution is 2.18. The zero-order chi connectivity index (χ0) is 22.9. The first-order valence-corrected chi connectivity index (χ1v) is 9.58. The Balaban J connectivity index is 1.53. The average Bonchev–Trinajstić information content (AvgIpc) is 2.81. The molecule has 3 aromatic carbocycles. The second-order valence-corrected chi connectivity index (χ2v) is 6.57. The number of carbonyl (C=O) groups is 3. The fourth-order valence-electron chi connectivity index (χ4n) is 2.50. The molecule has 0 amide bonds. The van der Waals surface area contributed by atoms with E-state index < -0.39 is 17.9 Å². The maximum atomic E-state index is 12.3. The SMILES string of the molecule is C=CC(=O)OCOc1ccc(C(=O)Oc2ccc(C(=O)Oc3ccc(C)cc3)cc2)cc1. The zero-order valence-corrected chi connectivity index (χ0v) is 17.3. The predicted octanol–water partition coefficient (Wildman–Crippen LogP) is 4.50. The van der Waals surface area contributed by atoms with Gasteiger partial charge in [0.05, 0.1) is 11.1 Å². The van der Waals surface area contributed by atoms with E-state index in [0.717, 1.165) is 11.6 Å². The molecule has 162 valence electrons. The van der Waals surface area contributed by atoms with Crippen LogP contribution in [0.5, 0.6) is 17.2 Å². The molecule has 0 atom stereocenters. The second-order valence-electron chi connectivity index (χ2n) is 6.57. The highest BCUT2D eigenvalue weighted by Gasteiger charge is 2.12. The largest absolute Gasteiger partial charge is 0.457 e. The fraction of sp³-hybridized carbons (Fsp3) is 0.0800. The molecule has 3 rings (SSSR count). The van der Waals surface area contributed by atoms with Crippen molar-refractivity contribution in [1.29, 1.82) is 0 Å². The number of benzene rings is 3. The van der Waals surface area contributed by atoms with Crippen LogP contribution in [0.25, 0.3) is 0 Å². The number of hydrogen-bond donors (Lipinski definition) is 0. The summed E-state index contributed by atoms with van der Waals surface area (Å²) < 4.78 is 20.6. The Kier molecular flexibility index (Phi) is 7.37. The topological polar surface area (TPSA) is 88.1 Å². The molecular formula is C25H20O7. The van der Waals surface area contributed by atoms with Gasteiger partial charge >= 0.3 is 17.9 Å². The Morgan fingerprint density at radius 1 is 0.719 bits per heavy atom. The summed E-state index contributed by atoms with van der Waals surface area (Å²) in [7, 11) is 0. The first-order valence-electron chi connectivity index (χ1n) is 9.58. The lowest BCUT2D eigenvalue weighted by molar-refractivity contribution is -0.144. The molecule has 3 aromatic rings. The summed E-state index contributed by atoms with van der Waals surface area (Å²) in [4.78, 5) is 35.5. The number of hydrogen-bond acceptors (Lipinski definition) is 7. The Morgan fingerprint density at radius 3 is 1.62 bits per heavy atom. The van der Waals surface area contributed by atoms with E-state index in [4.69, 9.17) is 18.9 Å². The van der Waals surface area contributed by atoms with Gasteiger partial charge in [-0.2, -0.15) is 0 Å². The smallest absolute Gasteiger partial charge is 0.343 e. The minimum absolute atomic E-state index is 0.270. The number of rotatable bonds is 8. The van der Waals surface area contributed by atoms with Crippen molar-refractivity contribution >= 4 is 17.9 Å². The molecule has 0 unspecified atom stereocenters. The summed E-state index contributed by atoms with van der Waals surface area (Å²) in [6.07, 6.45) is 1.03. The first-order chi connectivity index (χ1) is 15.4. The van der Waals surface area contributed by atoms with Crippen LogP contribution in [0.15, 0.2) is 85.5 Å². The van der Waals surface area contributed by atoms with E-state index in [1.165, 1.54) is 36.4 Å². The molecule has 0 fully saturated rings. The van der Waals surface area contributed by atoms with Crippen molar-refractivity contribution in [2.45, 2.75) is 6.92 Å². The summed E-state index contributed by atoms with van der Waals surface area (Å²) in [5.74, 6) is -0.555. The van der Waals surface area contributed by atoms with Crippen molar-refractivity contribution in [1.82, 2.24) is 0 Å². The summed E-state index contributed by atoms with van der Waals surface area (Å²) in [5.41, 5.74) is 1.68. The number of aryl methyl sites for hydroxylation is 1. The van der Waals surface area contributed by atoms with Crippen molar-refractivity contribution in [3.63, 3.8) is 0 Å². The first kappa shape index (κ1) is 22.3. The van der Waals surface area contributed by atoms with Crippen LogP contribution in [0.1, 0.15) is 26.3 Å². The Morgan fingerprint density at radius 2 is 1.16 bits per heavy atom. The normalized spacial score (nSPS) is 10.0. The van der Waals surface area contributed by atoms with Gasteiger partial charge in [0.2, 0.25) is 6.79 Å². The van der Waals surface area contributed by atoms with Gasteiger partial charge in [0.1, 0.15) is 17.2 Å². The van der Waals surface area contributed by atoms with E-state index in [1.54, 1.807) is 24.3 Å². The number of carbonyl (C=O) groups excluding carboxylic acids is 3. The van der Waals surface area contributed by atoms with Crippen LogP contribution < -0.4 is 14.2 Å². The summed E-state index contributed by atoms with van der Waals surface area (Å²) in [6.45, 7) is 4.95. The predicted molar refractivity (Wildman–Crippen MR) is 116 cm³/mol. The highest BCUT2D eigenvalue weighted by molar-refractivity contribution is 5.92. The van der Waals surface area contributed by atoms with E-state index >= 15 is 0 Å². The summed E-state index contributed by atoms with van der Waals surface area (Å²) in [6, 6.07) is 19.3. The van der Waals surface area contributed by atoms with Crippen molar-refractivity contribution in [2.24, 2.45) is 0 Å². The van der Waals surface area contributed by atoms with Gasteiger partial charge in [-0.05, 0) is 67.6 Å². The molecule has 0 aliphatic rings. The van der Waals surface area contributed by atoms with E-state index in [-0.39, 0.29) is 12.5 Å². The van der Waals surface area contributed by atoms with Gasteiger partial charge in [-0.1, -0.05) is 24.3 Å². The van der Waals surface area contributed by atoms with Crippen LogP contribution >= 0.6 is 0 Å². The molecule has 32 heavy (non-hydrogen) atoms. The van der Waals surface area contributed by atoms with E-state index in [0.29, 0.717) is 22.6 Å². The lowest BCUT2D eigenvalue weighted by Gasteiger charge is -2.08. The van der Waals surface area contributed by atoms with Gasteiger partial charge in [0, 0.05) is 6.08 Å². The lowest BCUT2D eigenvalue weighted by Crippen LogP contribution is -2.10. The van der Waals surface area contributed by atoms with Gasteiger partial charge in [0.15, 0.2) is 0 Å². The molecule has 0 aromatic heterocycles. The van der Waals surface area contributed by atoms with Crippen LogP contribution in [0.3, 0.4) is 0 Å². The van der Waals surface area contributed by atoms with Crippen molar-refractivity contribution in [2.75, 3.05) is 6.79 Å². The third-order valence-corrected chi connectivity index (χ3v) is 4.22. The molecule has 0 N–H and O–H groups in total. The average molecular weight is 432 g/mol. The Bertz CT molecular complexity index is 1100. The van der Waals surface area contributed by atoms with Gasteiger partial charge in [-0.15, -0.1) is 0 Å². The highest BCUT2D eigenvalue weighted by atomic mass is 16.7. The van der Waals surface area contributed by atoms with Crippen LogP contribution in [0.2, 0.25) is 0 Å². The second kappa shape index (κ2) is 10.6. The Labute approximate surface area is 184 Å². The maximum absolute atomic E-state index is 12.3. The number of ether oxygens (including phenoxy) is 4. The van der Waals surface area contributed by atoms with Crippen molar-refractivity contribution in [3.8, 4) is 17.2 Å². The van der Waals surface area contributed by atoms with E-state index in [1.807, 2.05) is 19.1 Å². The van der Waals surface area contributed by atoms with Gasteiger partial charge in [-0.3, -0.25) is 0 Å². The summed E-state index contributed by atoms with van der Waals surface area (Å²) >= 11 is 0. The van der Waals surface area contributed by atoms with Crippen molar-refractivity contribution < 1.29 is 33.3 Å². The Hall–Kier alpha value is -4.39. The molecule has 7 heteroatoms. The van der Waals surface area contributed by atoms with E-state index in [9.17, 15) is 14.4 Å². The number of esters is 3. The van der Waals surface area contributed by atoms with Crippen LogP contribution in [-0.2, 0) is 9.53 Å². The van der Waals surface area contributed by atoms with Gasteiger partial charge in [0.25, 0.3) is 0 Å². The van der Waals surface area contributed by atoms with Crippen LogP contribution in [0, 0.1) is 6.92 Å². The molecule has 0 aliphatic carbocycles. The lowest BCUT2D eigenvalue weighted by atomic mass is 10.2. The molecule has 0 bridgehead atoms. The molecule has 0 heterocycles. The summed E-state index contributed by atoms with van der Waals surface area (Å²) in [5, 5.41) is 0. The van der Waals surface area contributed by atoms with Crippen LogP contribution in [-0.4, -0.2) is 24.7 Å². The van der Waals surface area contributed by atoms with Gasteiger partial charge in [-0.25, -0.2) is 14.4 Å². The van der Waals surface area contributed by atoms with Crippen molar-refractivity contribution in [3.05, 3.63) is 102 Å². The third-order valence-electron chi connectivity index (χ3n) is 4.22. The molecule has 0 saturated carbocycles. The molecule has 7 nitrogen and oxygen atoms in total. The van der Waals surface area contributed by atoms with Crippen LogP contribution in [0.4, 0.5) is 0 Å².